The molecule has 0 radical (unpaired) electrons. The van der Waals surface area contributed by atoms with Crippen LogP contribution in [0.15, 0.2) is 5.10 Å². The molecule has 0 heterocycles. The molecule has 0 aromatic heterocycles. The Morgan fingerprint density at radius 1 is 1.18 bits per heavy atom. The van der Waals surface area contributed by atoms with Gasteiger partial charge in [-0.15, -0.1) is 0 Å². The van der Waals surface area contributed by atoms with E-state index >= 15 is 0 Å². The zero-order valence-corrected chi connectivity index (χ0v) is 7.21. The second kappa shape index (κ2) is 3.85. The lowest BCUT2D eigenvalue weighted by Gasteiger charge is -2.07. The Bertz CT molecular complexity index is 208. The molecule has 1 amide bonds. The van der Waals surface area contributed by atoms with E-state index in [9.17, 15) is 9.59 Å². The van der Waals surface area contributed by atoms with E-state index in [-0.39, 0.29) is 11.7 Å². The molecular weight excluding hydrogens is 144 g/mol. The van der Waals surface area contributed by atoms with Gasteiger partial charge in [-0.2, -0.15) is 5.10 Å². The van der Waals surface area contributed by atoms with Crippen molar-refractivity contribution in [2.24, 2.45) is 5.10 Å². The highest BCUT2D eigenvalue weighted by Crippen LogP contribution is 1.87. The maximum absolute atomic E-state index is 10.6. The van der Waals surface area contributed by atoms with Gasteiger partial charge in [0.05, 0.1) is 0 Å². The molecule has 0 saturated carbocycles. The van der Waals surface area contributed by atoms with Crippen LogP contribution in [-0.4, -0.2) is 29.5 Å². The van der Waals surface area contributed by atoms with E-state index in [0.717, 1.165) is 5.01 Å². The Morgan fingerprint density at radius 3 is 1.91 bits per heavy atom. The van der Waals surface area contributed by atoms with Crippen LogP contribution in [0.2, 0.25) is 0 Å². The van der Waals surface area contributed by atoms with Gasteiger partial charge >= 0.3 is 0 Å². The average Bonchev–Trinajstić information content (AvgIpc) is 1.87. The first kappa shape index (κ1) is 9.81. The monoisotopic (exact) mass is 156 g/mol. The summed E-state index contributed by atoms with van der Waals surface area (Å²) in [6, 6.07) is 0. The Hall–Kier alpha value is -1.19. The van der Waals surface area contributed by atoms with Crippen molar-refractivity contribution in [3.05, 3.63) is 0 Å². The molecular formula is C7H12N2O2. The second-order valence-corrected chi connectivity index (χ2v) is 2.28. The summed E-state index contributed by atoms with van der Waals surface area (Å²) in [4.78, 5) is 21.2. The zero-order chi connectivity index (χ0) is 9.02. The highest BCUT2D eigenvalue weighted by molar-refractivity contribution is 6.38. The van der Waals surface area contributed by atoms with Gasteiger partial charge in [-0.3, -0.25) is 9.59 Å². The number of rotatable bonds is 2. The van der Waals surface area contributed by atoms with Crippen LogP contribution in [0.4, 0.5) is 0 Å². The van der Waals surface area contributed by atoms with Crippen molar-refractivity contribution in [3.63, 3.8) is 0 Å². The van der Waals surface area contributed by atoms with Gasteiger partial charge in [0.1, 0.15) is 5.71 Å². The Balaban J connectivity index is 4.31. The van der Waals surface area contributed by atoms with Crippen molar-refractivity contribution in [2.75, 3.05) is 7.05 Å². The summed E-state index contributed by atoms with van der Waals surface area (Å²) < 4.78 is 0. The van der Waals surface area contributed by atoms with E-state index in [1.165, 1.54) is 20.9 Å². The molecule has 62 valence electrons. The number of amides is 1. The summed E-state index contributed by atoms with van der Waals surface area (Å²) >= 11 is 0. The predicted molar refractivity (Wildman–Crippen MR) is 42.2 cm³/mol. The third-order valence-electron chi connectivity index (χ3n) is 1.27. The van der Waals surface area contributed by atoms with E-state index in [4.69, 9.17) is 0 Å². The smallest absolute Gasteiger partial charge is 0.239 e. The van der Waals surface area contributed by atoms with Crippen molar-refractivity contribution >= 4 is 17.4 Å². The van der Waals surface area contributed by atoms with Gasteiger partial charge in [0.25, 0.3) is 0 Å². The molecule has 0 bridgehead atoms. The lowest BCUT2D eigenvalue weighted by molar-refractivity contribution is -0.127. The van der Waals surface area contributed by atoms with Crippen LogP contribution in [0.1, 0.15) is 20.8 Å². The van der Waals surface area contributed by atoms with Crippen LogP contribution in [-0.2, 0) is 9.59 Å². The second-order valence-electron chi connectivity index (χ2n) is 2.28. The predicted octanol–water partition coefficient (Wildman–Crippen LogP) is 0.430. The average molecular weight is 156 g/mol. The SMILES string of the molecule is CC(=O)C(C)=NN(C)C(C)=O. The summed E-state index contributed by atoms with van der Waals surface area (Å²) in [5, 5.41) is 4.86. The first-order valence-corrected chi connectivity index (χ1v) is 3.25. The summed E-state index contributed by atoms with van der Waals surface area (Å²) in [5.74, 6) is -0.316. The highest BCUT2D eigenvalue weighted by Gasteiger charge is 2.02. The number of hydrogen-bond acceptors (Lipinski definition) is 3. The van der Waals surface area contributed by atoms with Gasteiger partial charge in [-0.05, 0) is 6.92 Å². The lowest BCUT2D eigenvalue weighted by Crippen LogP contribution is -2.21. The fraction of sp³-hybridized carbons (Fsp3) is 0.571. The van der Waals surface area contributed by atoms with Crippen LogP contribution in [0.25, 0.3) is 0 Å². The topological polar surface area (TPSA) is 49.7 Å². The summed E-state index contributed by atoms with van der Waals surface area (Å²) in [7, 11) is 1.51. The minimum Gasteiger partial charge on any atom is -0.293 e. The molecule has 0 fully saturated rings. The molecule has 0 aliphatic heterocycles. The van der Waals surface area contributed by atoms with Gasteiger partial charge in [0.2, 0.25) is 5.91 Å². The highest BCUT2D eigenvalue weighted by atomic mass is 16.2. The van der Waals surface area contributed by atoms with Gasteiger partial charge < -0.3 is 0 Å². The van der Waals surface area contributed by atoms with Gasteiger partial charge in [0, 0.05) is 20.9 Å². The van der Waals surface area contributed by atoms with E-state index in [0.29, 0.717) is 5.71 Å². The molecule has 0 rings (SSSR count). The Labute approximate surface area is 65.9 Å². The van der Waals surface area contributed by atoms with E-state index in [1.807, 2.05) is 0 Å². The number of carbonyl (C=O) groups is 2. The standard InChI is InChI=1S/C7H12N2O2/c1-5(6(2)10)8-9(4)7(3)11/h1-4H3. The summed E-state index contributed by atoms with van der Waals surface area (Å²) in [6.07, 6.45) is 0. The van der Waals surface area contributed by atoms with Crippen molar-refractivity contribution < 1.29 is 9.59 Å². The van der Waals surface area contributed by atoms with Gasteiger partial charge in [0.15, 0.2) is 5.78 Å². The van der Waals surface area contributed by atoms with Gasteiger partial charge in [-0.25, -0.2) is 5.01 Å². The minimum absolute atomic E-state index is 0.127. The molecule has 0 aromatic carbocycles. The lowest BCUT2D eigenvalue weighted by atomic mass is 10.3. The van der Waals surface area contributed by atoms with Crippen molar-refractivity contribution in [2.45, 2.75) is 20.8 Å². The third-order valence-corrected chi connectivity index (χ3v) is 1.27. The van der Waals surface area contributed by atoms with E-state index < -0.39 is 0 Å². The molecule has 4 heteroatoms. The molecule has 0 saturated heterocycles. The van der Waals surface area contributed by atoms with Crippen molar-refractivity contribution in [3.8, 4) is 0 Å². The number of nitrogens with zero attached hydrogens (tertiary/aromatic N) is 2. The molecule has 0 atom stereocenters. The zero-order valence-electron chi connectivity index (χ0n) is 7.21. The van der Waals surface area contributed by atoms with Crippen LogP contribution in [0, 0.1) is 0 Å². The maximum atomic E-state index is 10.6. The van der Waals surface area contributed by atoms with E-state index in [2.05, 4.69) is 5.10 Å². The van der Waals surface area contributed by atoms with Crippen molar-refractivity contribution in [1.29, 1.82) is 0 Å². The first-order valence-electron chi connectivity index (χ1n) is 3.25. The van der Waals surface area contributed by atoms with Gasteiger partial charge in [-0.1, -0.05) is 0 Å². The molecule has 4 nitrogen and oxygen atoms in total. The Kier molecular flexibility index (Phi) is 3.44. The quantitative estimate of drug-likeness (QED) is 0.430. The normalized spacial score (nSPS) is 11.1. The van der Waals surface area contributed by atoms with Crippen LogP contribution in [0.5, 0.6) is 0 Å². The summed E-state index contributed by atoms with van der Waals surface area (Å²) in [5.41, 5.74) is 0.336. The molecule has 0 aliphatic carbocycles. The van der Waals surface area contributed by atoms with Crippen LogP contribution in [0.3, 0.4) is 0 Å². The maximum Gasteiger partial charge on any atom is 0.239 e. The molecule has 0 aromatic rings. The number of carbonyl (C=O) groups excluding carboxylic acids is 2. The van der Waals surface area contributed by atoms with Crippen LogP contribution < -0.4 is 0 Å². The molecule has 0 aliphatic rings. The van der Waals surface area contributed by atoms with E-state index in [1.54, 1.807) is 6.92 Å². The first-order chi connectivity index (χ1) is 4.95. The third kappa shape index (κ3) is 3.50. The van der Waals surface area contributed by atoms with Crippen molar-refractivity contribution in [1.82, 2.24) is 5.01 Å². The van der Waals surface area contributed by atoms with Crippen LogP contribution >= 0.6 is 0 Å². The fourth-order valence-electron chi connectivity index (χ4n) is 0.366. The minimum atomic E-state index is -0.189. The largest absolute Gasteiger partial charge is 0.293 e. The Morgan fingerprint density at radius 2 is 1.64 bits per heavy atom. The molecule has 0 spiro atoms. The molecule has 0 N–H and O–H groups in total. The summed E-state index contributed by atoms with van der Waals surface area (Å²) in [6.45, 7) is 4.37. The molecule has 0 unspecified atom stereocenters. The fourth-order valence-corrected chi connectivity index (χ4v) is 0.366. The number of hydrogen-bond donors (Lipinski definition) is 0. The molecule has 11 heavy (non-hydrogen) atoms. The number of hydrazone groups is 1. The number of Topliss-reactive ketones (excluding diaryl/α,β-unsaturated/α-hetero) is 1. The number of ketones is 1.